The number of hydrogen-bond acceptors (Lipinski definition) is 3. The quantitative estimate of drug-likeness (QED) is 0.556. The van der Waals surface area contributed by atoms with Crippen molar-refractivity contribution in [3.05, 3.63) is 12.2 Å². The molecular weight excluding hydrogens is 166 g/mol. The minimum atomic E-state index is 0.202. The maximum absolute atomic E-state index is 8.76. The molecule has 0 amide bonds. The molecule has 0 fully saturated rings. The van der Waals surface area contributed by atoms with Crippen LogP contribution in [0.1, 0.15) is 19.8 Å². The van der Waals surface area contributed by atoms with Crippen molar-refractivity contribution in [2.24, 2.45) is 0 Å². The highest BCUT2D eigenvalue weighted by atomic mass is 16.5. The van der Waals surface area contributed by atoms with E-state index in [1.54, 1.807) is 7.11 Å². The monoisotopic (exact) mass is 187 g/mol. The first-order valence-electron chi connectivity index (χ1n) is 4.68. The molecule has 2 N–H and O–H groups in total. The highest BCUT2D eigenvalue weighted by molar-refractivity contribution is 4.88. The molecule has 1 atom stereocenters. The lowest BCUT2D eigenvalue weighted by atomic mass is 10.2. The van der Waals surface area contributed by atoms with Gasteiger partial charge in [-0.15, -0.1) is 6.58 Å². The molecule has 0 aliphatic heterocycles. The van der Waals surface area contributed by atoms with Crippen molar-refractivity contribution >= 4 is 0 Å². The van der Waals surface area contributed by atoms with E-state index < -0.39 is 0 Å². The molecule has 0 bridgehead atoms. The summed E-state index contributed by atoms with van der Waals surface area (Å²) in [6, 6.07) is 0.259. The summed E-state index contributed by atoms with van der Waals surface area (Å²) < 4.78 is 5.02. The molecule has 3 nitrogen and oxygen atoms in total. The van der Waals surface area contributed by atoms with Crippen molar-refractivity contribution < 1.29 is 9.84 Å². The van der Waals surface area contributed by atoms with Crippen LogP contribution >= 0.6 is 0 Å². The molecule has 0 saturated heterocycles. The maximum Gasteiger partial charge on any atom is 0.0616 e. The molecule has 13 heavy (non-hydrogen) atoms. The lowest BCUT2D eigenvalue weighted by Gasteiger charge is -2.16. The molecule has 1 unspecified atom stereocenters. The van der Waals surface area contributed by atoms with Crippen molar-refractivity contribution in [3.8, 4) is 0 Å². The van der Waals surface area contributed by atoms with Gasteiger partial charge in [-0.25, -0.2) is 0 Å². The Balaban J connectivity index is 3.49. The van der Waals surface area contributed by atoms with Crippen LogP contribution in [-0.4, -0.2) is 38.0 Å². The first-order chi connectivity index (χ1) is 6.20. The molecule has 0 aliphatic rings. The van der Waals surface area contributed by atoms with E-state index in [0.717, 1.165) is 19.4 Å². The molecular formula is C10H21NO2. The summed E-state index contributed by atoms with van der Waals surface area (Å²) in [5.74, 6) is 0. The van der Waals surface area contributed by atoms with Crippen LogP contribution in [0.15, 0.2) is 12.2 Å². The van der Waals surface area contributed by atoms with Crippen molar-refractivity contribution in [2.45, 2.75) is 25.8 Å². The predicted octanol–water partition coefficient (Wildman–Crippen LogP) is 0.940. The zero-order valence-electron chi connectivity index (χ0n) is 8.68. The SMILES string of the molecule is C=C(C)CCNC(CCO)COC. The minimum Gasteiger partial charge on any atom is -0.396 e. The summed E-state index contributed by atoms with van der Waals surface area (Å²) in [5, 5.41) is 12.1. The second kappa shape index (κ2) is 8.23. The Bertz CT molecular complexity index is 131. The lowest BCUT2D eigenvalue weighted by molar-refractivity contribution is 0.149. The number of methoxy groups -OCH3 is 1. The summed E-state index contributed by atoms with van der Waals surface area (Å²) in [6.45, 7) is 7.59. The number of aliphatic hydroxyl groups is 1. The van der Waals surface area contributed by atoms with E-state index in [-0.39, 0.29) is 12.6 Å². The van der Waals surface area contributed by atoms with Crippen LogP contribution in [-0.2, 0) is 4.74 Å². The Morgan fingerprint density at radius 3 is 2.77 bits per heavy atom. The maximum atomic E-state index is 8.76. The molecule has 0 rings (SSSR count). The lowest BCUT2D eigenvalue weighted by Crippen LogP contribution is -2.34. The van der Waals surface area contributed by atoms with Crippen LogP contribution in [0.3, 0.4) is 0 Å². The van der Waals surface area contributed by atoms with E-state index in [2.05, 4.69) is 11.9 Å². The summed E-state index contributed by atoms with van der Waals surface area (Å²) in [4.78, 5) is 0. The molecule has 0 aliphatic carbocycles. The van der Waals surface area contributed by atoms with Gasteiger partial charge in [0.05, 0.1) is 6.61 Å². The van der Waals surface area contributed by atoms with E-state index >= 15 is 0 Å². The van der Waals surface area contributed by atoms with Gasteiger partial charge >= 0.3 is 0 Å². The average molecular weight is 187 g/mol. The van der Waals surface area contributed by atoms with E-state index in [9.17, 15) is 0 Å². The third-order valence-corrected chi connectivity index (χ3v) is 1.83. The normalized spacial score (nSPS) is 12.8. The van der Waals surface area contributed by atoms with Crippen LogP contribution < -0.4 is 5.32 Å². The molecule has 0 aromatic carbocycles. The van der Waals surface area contributed by atoms with Gasteiger partial charge in [-0.2, -0.15) is 0 Å². The zero-order valence-corrected chi connectivity index (χ0v) is 8.68. The Kier molecular flexibility index (Phi) is 7.99. The van der Waals surface area contributed by atoms with E-state index in [1.165, 1.54) is 5.57 Å². The van der Waals surface area contributed by atoms with Gasteiger partial charge < -0.3 is 15.2 Å². The topological polar surface area (TPSA) is 41.5 Å². The number of rotatable bonds is 8. The van der Waals surface area contributed by atoms with Gasteiger partial charge in [-0.1, -0.05) is 5.57 Å². The summed E-state index contributed by atoms with van der Waals surface area (Å²) >= 11 is 0. The number of hydrogen-bond donors (Lipinski definition) is 2. The summed E-state index contributed by atoms with van der Waals surface area (Å²) in [5.41, 5.74) is 1.17. The first kappa shape index (κ1) is 12.6. The Labute approximate surface area is 80.8 Å². The molecule has 3 heteroatoms. The molecule has 0 radical (unpaired) electrons. The number of aliphatic hydroxyl groups excluding tert-OH is 1. The highest BCUT2D eigenvalue weighted by Crippen LogP contribution is 1.96. The van der Waals surface area contributed by atoms with Crippen molar-refractivity contribution in [2.75, 3.05) is 26.9 Å². The second-order valence-corrected chi connectivity index (χ2v) is 3.33. The molecule has 0 saturated carbocycles. The van der Waals surface area contributed by atoms with E-state index in [4.69, 9.17) is 9.84 Å². The Hall–Kier alpha value is -0.380. The molecule has 0 aromatic rings. The van der Waals surface area contributed by atoms with E-state index in [0.29, 0.717) is 6.61 Å². The van der Waals surface area contributed by atoms with Crippen molar-refractivity contribution in [3.63, 3.8) is 0 Å². The van der Waals surface area contributed by atoms with Gasteiger partial charge in [0.1, 0.15) is 0 Å². The molecule has 0 heterocycles. The predicted molar refractivity (Wildman–Crippen MR) is 54.8 cm³/mol. The van der Waals surface area contributed by atoms with Gasteiger partial charge in [0.15, 0.2) is 0 Å². The smallest absolute Gasteiger partial charge is 0.0616 e. The zero-order chi connectivity index (χ0) is 10.1. The fraction of sp³-hybridized carbons (Fsp3) is 0.800. The second-order valence-electron chi connectivity index (χ2n) is 3.33. The minimum absolute atomic E-state index is 0.202. The van der Waals surface area contributed by atoms with Crippen LogP contribution in [0, 0.1) is 0 Å². The average Bonchev–Trinajstić information content (AvgIpc) is 2.04. The third-order valence-electron chi connectivity index (χ3n) is 1.83. The summed E-state index contributed by atoms with van der Waals surface area (Å²) in [6.07, 6.45) is 1.72. The van der Waals surface area contributed by atoms with Gasteiger partial charge in [0.2, 0.25) is 0 Å². The van der Waals surface area contributed by atoms with Crippen LogP contribution in [0.5, 0.6) is 0 Å². The summed E-state index contributed by atoms with van der Waals surface area (Å²) in [7, 11) is 1.67. The Morgan fingerprint density at radius 1 is 1.62 bits per heavy atom. The largest absolute Gasteiger partial charge is 0.396 e. The van der Waals surface area contributed by atoms with Crippen LogP contribution in [0.25, 0.3) is 0 Å². The highest BCUT2D eigenvalue weighted by Gasteiger charge is 2.05. The van der Waals surface area contributed by atoms with Crippen molar-refractivity contribution in [1.82, 2.24) is 5.32 Å². The fourth-order valence-corrected chi connectivity index (χ4v) is 1.09. The van der Waals surface area contributed by atoms with Gasteiger partial charge in [-0.05, 0) is 26.3 Å². The molecule has 78 valence electrons. The molecule has 0 aromatic heterocycles. The molecule has 0 spiro atoms. The van der Waals surface area contributed by atoms with E-state index in [1.807, 2.05) is 6.92 Å². The fourth-order valence-electron chi connectivity index (χ4n) is 1.09. The van der Waals surface area contributed by atoms with Crippen molar-refractivity contribution in [1.29, 1.82) is 0 Å². The van der Waals surface area contributed by atoms with Gasteiger partial charge in [-0.3, -0.25) is 0 Å². The first-order valence-corrected chi connectivity index (χ1v) is 4.68. The number of nitrogens with one attached hydrogen (secondary N) is 1. The van der Waals surface area contributed by atoms with Gasteiger partial charge in [0.25, 0.3) is 0 Å². The third kappa shape index (κ3) is 7.96. The Morgan fingerprint density at radius 2 is 2.31 bits per heavy atom. The van der Waals surface area contributed by atoms with Crippen LogP contribution in [0.2, 0.25) is 0 Å². The number of ether oxygens (including phenoxy) is 1. The van der Waals surface area contributed by atoms with Crippen LogP contribution in [0.4, 0.5) is 0 Å². The standard InChI is InChI=1S/C10H21NO2/c1-9(2)4-6-11-10(5-7-12)8-13-3/h10-12H,1,4-8H2,2-3H3. The van der Waals surface area contributed by atoms with Gasteiger partial charge in [0, 0.05) is 19.8 Å².